The number of amides is 2. The Bertz CT molecular complexity index is 1570. The summed E-state index contributed by atoms with van der Waals surface area (Å²) in [5.41, 5.74) is 3.52. The van der Waals surface area contributed by atoms with Crippen LogP contribution in [0.3, 0.4) is 0 Å². The van der Waals surface area contributed by atoms with E-state index in [2.05, 4.69) is 5.32 Å². The lowest BCUT2D eigenvalue weighted by Crippen LogP contribution is -2.30. The maximum Gasteiger partial charge on any atom is 0.312 e. The van der Waals surface area contributed by atoms with Crippen molar-refractivity contribution in [2.24, 2.45) is 11.3 Å². The molecule has 0 spiro atoms. The molecule has 6 rings (SSSR count). The van der Waals surface area contributed by atoms with Gasteiger partial charge in [0.15, 0.2) is 0 Å². The minimum absolute atomic E-state index is 0.0317. The van der Waals surface area contributed by atoms with Crippen molar-refractivity contribution < 1.29 is 23.5 Å². The van der Waals surface area contributed by atoms with E-state index in [0.717, 1.165) is 60.9 Å². The zero-order valence-electron chi connectivity index (χ0n) is 25.8. The summed E-state index contributed by atoms with van der Waals surface area (Å²) in [4.78, 5) is 41.2. The molecule has 0 saturated heterocycles. The van der Waals surface area contributed by atoms with Crippen molar-refractivity contribution in [2.45, 2.75) is 90.3 Å². The van der Waals surface area contributed by atoms with E-state index < -0.39 is 11.0 Å². The molecule has 1 atom stereocenters. The van der Waals surface area contributed by atoms with E-state index in [1.165, 1.54) is 6.07 Å². The molecule has 44 heavy (non-hydrogen) atoms. The van der Waals surface area contributed by atoms with Gasteiger partial charge < -0.3 is 15.0 Å². The summed E-state index contributed by atoms with van der Waals surface area (Å²) in [6, 6.07) is 20.4. The Morgan fingerprint density at radius 2 is 1.70 bits per heavy atom. The topological polar surface area (TPSA) is 75.7 Å². The van der Waals surface area contributed by atoms with Crippen LogP contribution in [0.4, 0.5) is 10.1 Å². The number of halogens is 1. The van der Waals surface area contributed by atoms with Gasteiger partial charge in [-0.25, -0.2) is 4.39 Å². The fraction of sp³-hybridized carbons (Fsp3) is 0.432. The first-order chi connectivity index (χ1) is 21.0. The molecule has 2 aliphatic carbocycles. The Kier molecular flexibility index (Phi) is 8.08. The van der Waals surface area contributed by atoms with Gasteiger partial charge in [0, 0.05) is 23.4 Å². The average molecular weight is 597 g/mol. The van der Waals surface area contributed by atoms with Gasteiger partial charge in [0.05, 0.1) is 17.9 Å². The first-order valence-electron chi connectivity index (χ1n) is 15.8. The smallest absolute Gasteiger partial charge is 0.312 e. The Balaban J connectivity index is 1.14. The summed E-state index contributed by atoms with van der Waals surface area (Å²) in [6.45, 7) is 6.31. The molecule has 6 nitrogen and oxygen atoms in total. The van der Waals surface area contributed by atoms with Crippen LogP contribution in [0, 0.1) is 17.2 Å². The summed E-state index contributed by atoms with van der Waals surface area (Å²) < 4.78 is 19.9. The van der Waals surface area contributed by atoms with Crippen LogP contribution in [0.2, 0.25) is 0 Å². The zero-order valence-corrected chi connectivity index (χ0v) is 25.8. The predicted octanol–water partition coefficient (Wildman–Crippen LogP) is 7.56. The number of rotatable bonds is 9. The van der Waals surface area contributed by atoms with Crippen LogP contribution >= 0.6 is 0 Å². The van der Waals surface area contributed by atoms with Gasteiger partial charge in [0.2, 0.25) is 5.91 Å². The van der Waals surface area contributed by atoms with E-state index >= 15 is 0 Å². The lowest BCUT2D eigenvalue weighted by Gasteiger charge is -2.25. The minimum atomic E-state index is -0.521. The van der Waals surface area contributed by atoms with E-state index in [1.54, 1.807) is 17.0 Å². The van der Waals surface area contributed by atoms with E-state index in [0.29, 0.717) is 24.1 Å². The van der Waals surface area contributed by atoms with Gasteiger partial charge in [-0.15, -0.1) is 0 Å². The van der Waals surface area contributed by atoms with Crippen molar-refractivity contribution in [2.75, 3.05) is 5.32 Å². The largest absolute Gasteiger partial charge is 0.460 e. The lowest BCUT2D eigenvalue weighted by atomic mass is 9.83. The Labute approximate surface area is 259 Å². The van der Waals surface area contributed by atoms with E-state index in [4.69, 9.17) is 4.74 Å². The van der Waals surface area contributed by atoms with Crippen molar-refractivity contribution in [3.63, 3.8) is 0 Å². The highest BCUT2D eigenvalue weighted by Gasteiger charge is 2.52. The van der Waals surface area contributed by atoms with Crippen molar-refractivity contribution in [3.05, 3.63) is 100 Å². The van der Waals surface area contributed by atoms with Crippen molar-refractivity contribution >= 4 is 23.5 Å². The van der Waals surface area contributed by atoms with Crippen LogP contribution < -0.4 is 5.32 Å². The van der Waals surface area contributed by atoms with Crippen LogP contribution in [0.5, 0.6) is 0 Å². The second-order valence-electron chi connectivity index (χ2n) is 13.8. The number of esters is 1. The van der Waals surface area contributed by atoms with Gasteiger partial charge in [0.25, 0.3) is 5.91 Å². The number of carbonyl (C=O) groups excluding carboxylic acids is 3. The molecule has 1 N–H and O–H groups in total. The fourth-order valence-electron chi connectivity index (χ4n) is 6.82. The molecule has 2 amide bonds. The van der Waals surface area contributed by atoms with E-state index in [1.807, 2.05) is 69.3 Å². The van der Waals surface area contributed by atoms with E-state index in [-0.39, 0.29) is 42.0 Å². The van der Waals surface area contributed by atoms with Crippen LogP contribution in [0.25, 0.3) is 0 Å². The second-order valence-corrected chi connectivity index (χ2v) is 13.8. The molecule has 3 aromatic rings. The zero-order chi connectivity index (χ0) is 31.1. The Hall–Kier alpha value is -4.00. The highest BCUT2D eigenvalue weighted by atomic mass is 19.1. The molecule has 3 aromatic carbocycles. The maximum absolute atomic E-state index is 14.2. The third kappa shape index (κ3) is 6.42. The van der Waals surface area contributed by atoms with Gasteiger partial charge in [-0.3, -0.25) is 14.4 Å². The Morgan fingerprint density at radius 1 is 1.00 bits per heavy atom. The summed E-state index contributed by atoms with van der Waals surface area (Å²) in [6.07, 6.45) is 6.46. The number of hydrogen-bond donors (Lipinski definition) is 1. The normalized spacial score (nSPS) is 18.2. The number of fused-ring (bicyclic) bond motifs is 1. The quantitative estimate of drug-likeness (QED) is 0.259. The molecule has 1 aliphatic heterocycles. The van der Waals surface area contributed by atoms with Crippen LogP contribution in [-0.4, -0.2) is 28.3 Å². The molecule has 0 bridgehead atoms. The number of anilines is 1. The molecule has 2 fully saturated rings. The number of ether oxygens (including phenoxy) is 1. The number of hydrogen-bond acceptors (Lipinski definition) is 4. The lowest BCUT2D eigenvalue weighted by molar-refractivity contribution is -0.161. The van der Waals surface area contributed by atoms with E-state index in [9.17, 15) is 18.8 Å². The second kappa shape index (κ2) is 11.8. The summed E-state index contributed by atoms with van der Waals surface area (Å²) in [7, 11) is 0. The predicted molar refractivity (Wildman–Crippen MR) is 167 cm³/mol. The average Bonchev–Trinajstić information content (AvgIpc) is 3.41. The first kappa shape index (κ1) is 30.0. The number of benzene rings is 3. The third-order valence-corrected chi connectivity index (χ3v) is 9.27. The van der Waals surface area contributed by atoms with Crippen LogP contribution in [0.1, 0.15) is 97.8 Å². The van der Waals surface area contributed by atoms with Crippen molar-refractivity contribution in [3.8, 4) is 0 Å². The van der Waals surface area contributed by atoms with Gasteiger partial charge in [-0.05, 0) is 99.7 Å². The van der Waals surface area contributed by atoms with Gasteiger partial charge in [-0.1, -0.05) is 55.3 Å². The standard InChI is InChI=1S/C37H41FN2O4/c1-36(2,3)44-35(43)37(18-19-37)21-25-8-6-11-28(20-25)39-33(41)32(26-9-4-5-10-26)27-16-14-24(15-17-27)22-40-23-30-29(34(40)42)12-7-13-31(30)38/h6-8,11-17,20,26,32H,4-5,9-10,18-19,21-23H2,1-3H3,(H,39,41). The summed E-state index contributed by atoms with van der Waals surface area (Å²) in [5, 5.41) is 3.18. The molecule has 7 heteroatoms. The van der Waals surface area contributed by atoms with Gasteiger partial charge in [-0.2, -0.15) is 0 Å². The van der Waals surface area contributed by atoms with Gasteiger partial charge in [0.1, 0.15) is 11.4 Å². The number of carbonyl (C=O) groups is 3. The molecule has 1 heterocycles. The molecular weight excluding hydrogens is 555 g/mol. The molecule has 230 valence electrons. The third-order valence-electron chi connectivity index (χ3n) is 9.27. The van der Waals surface area contributed by atoms with Crippen LogP contribution in [-0.2, 0) is 33.8 Å². The SMILES string of the molecule is CC(C)(C)OC(=O)C1(Cc2cccc(NC(=O)C(c3ccc(CN4Cc5c(F)cccc5C4=O)cc3)C3CCCC3)c2)CC1. The number of nitrogens with zero attached hydrogens (tertiary/aromatic N) is 1. The molecule has 3 aliphatic rings. The number of nitrogens with one attached hydrogen (secondary N) is 1. The fourth-order valence-corrected chi connectivity index (χ4v) is 6.82. The first-order valence-corrected chi connectivity index (χ1v) is 15.8. The molecular formula is C37H41FN2O4. The highest BCUT2D eigenvalue weighted by molar-refractivity contribution is 5.98. The van der Waals surface area contributed by atoms with Crippen molar-refractivity contribution in [1.82, 2.24) is 4.90 Å². The molecule has 2 saturated carbocycles. The summed E-state index contributed by atoms with van der Waals surface area (Å²) in [5.74, 6) is -0.722. The molecule has 0 radical (unpaired) electrons. The maximum atomic E-state index is 14.2. The minimum Gasteiger partial charge on any atom is -0.460 e. The monoisotopic (exact) mass is 596 g/mol. The Morgan fingerprint density at radius 3 is 2.36 bits per heavy atom. The molecule has 1 unspecified atom stereocenters. The molecule has 0 aromatic heterocycles. The van der Waals surface area contributed by atoms with Gasteiger partial charge >= 0.3 is 5.97 Å². The van der Waals surface area contributed by atoms with Crippen molar-refractivity contribution in [1.29, 1.82) is 0 Å². The summed E-state index contributed by atoms with van der Waals surface area (Å²) >= 11 is 0. The highest BCUT2D eigenvalue weighted by Crippen LogP contribution is 2.50. The van der Waals surface area contributed by atoms with Crippen LogP contribution in [0.15, 0.2) is 66.7 Å².